The maximum absolute atomic E-state index is 6.33. The van der Waals surface area contributed by atoms with Crippen LogP contribution in [0.2, 0.25) is 0 Å². The molecule has 0 bridgehead atoms. The second kappa shape index (κ2) is 5.52. The van der Waals surface area contributed by atoms with Gasteiger partial charge < -0.3 is 15.5 Å². The van der Waals surface area contributed by atoms with Crippen molar-refractivity contribution >= 4 is 11.5 Å². The lowest BCUT2D eigenvalue weighted by Gasteiger charge is -2.46. The van der Waals surface area contributed by atoms with E-state index in [0.29, 0.717) is 6.04 Å². The second-order valence-electron chi connectivity index (χ2n) is 7.05. The van der Waals surface area contributed by atoms with Crippen LogP contribution in [-0.2, 0) is 0 Å². The Labute approximate surface area is 128 Å². The average Bonchev–Trinajstić information content (AvgIpc) is 2.75. The first-order valence-electron chi connectivity index (χ1n) is 8.28. The van der Waals surface area contributed by atoms with Gasteiger partial charge in [0.25, 0.3) is 0 Å². The number of rotatable bonds is 2. The van der Waals surface area contributed by atoms with E-state index >= 15 is 0 Å². The maximum atomic E-state index is 6.33. The molecule has 2 aliphatic rings. The van der Waals surface area contributed by atoms with Crippen molar-refractivity contribution in [3.63, 3.8) is 0 Å². The van der Waals surface area contributed by atoms with Gasteiger partial charge in [0.15, 0.2) is 5.82 Å². The molecule has 2 aliphatic heterocycles. The molecule has 2 unspecified atom stereocenters. The number of aryl methyl sites for hydroxylation is 1. The van der Waals surface area contributed by atoms with Gasteiger partial charge in [0.05, 0.1) is 11.4 Å². The summed E-state index contributed by atoms with van der Waals surface area (Å²) in [7, 11) is 2.28. The highest BCUT2D eigenvalue weighted by Gasteiger charge is 2.36. The topological polar surface area (TPSA) is 50.3 Å². The van der Waals surface area contributed by atoms with E-state index in [-0.39, 0.29) is 0 Å². The van der Waals surface area contributed by atoms with Crippen LogP contribution in [0, 0.1) is 12.8 Å². The Kier molecular flexibility index (Phi) is 3.86. The molecule has 0 aromatic carbocycles. The number of piperidine rings is 2. The van der Waals surface area contributed by atoms with Crippen LogP contribution in [0.5, 0.6) is 0 Å². The Morgan fingerprint density at radius 2 is 2.00 bits per heavy atom. The number of hydrogen-bond donors (Lipinski definition) is 1. The van der Waals surface area contributed by atoms with Crippen LogP contribution in [0.25, 0.3) is 0 Å². The second-order valence-corrected chi connectivity index (χ2v) is 7.05. The molecular weight excluding hydrogens is 262 g/mol. The number of fused-ring (bicyclic) bond motifs is 1. The van der Waals surface area contributed by atoms with Crippen LogP contribution in [0.4, 0.5) is 11.5 Å². The summed E-state index contributed by atoms with van der Waals surface area (Å²) in [4.78, 5) is 5.04. The Morgan fingerprint density at radius 1 is 1.24 bits per heavy atom. The van der Waals surface area contributed by atoms with E-state index in [1.54, 1.807) is 0 Å². The van der Waals surface area contributed by atoms with E-state index < -0.39 is 0 Å². The van der Waals surface area contributed by atoms with Crippen molar-refractivity contribution in [2.75, 3.05) is 37.3 Å². The van der Waals surface area contributed by atoms with Gasteiger partial charge in [0.2, 0.25) is 0 Å². The number of anilines is 2. The van der Waals surface area contributed by atoms with Crippen LogP contribution in [0.3, 0.4) is 0 Å². The van der Waals surface area contributed by atoms with Crippen molar-refractivity contribution in [1.82, 2.24) is 14.7 Å². The van der Waals surface area contributed by atoms with Gasteiger partial charge in [-0.3, -0.25) is 0 Å². The number of nitrogens with two attached hydrogens (primary N) is 1. The highest BCUT2D eigenvalue weighted by Crippen LogP contribution is 2.36. The molecule has 3 heterocycles. The molecule has 0 saturated carbocycles. The number of likely N-dealkylation sites (tertiary alicyclic amines) is 1. The largest absolute Gasteiger partial charge is 0.394 e. The maximum Gasteiger partial charge on any atom is 0.150 e. The van der Waals surface area contributed by atoms with Crippen LogP contribution >= 0.6 is 0 Å². The smallest absolute Gasteiger partial charge is 0.150 e. The molecule has 0 amide bonds. The van der Waals surface area contributed by atoms with E-state index in [9.17, 15) is 0 Å². The third-order valence-corrected chi connectivity index (χ3v) is 5.24. The molecule has 5 nitrogen and oxygen atoms in total. The van der Waals surface area contributed by atoms with Gasteiger partial charge in [-0.25, -0.2) is 4.68 Å². The fourth-order valence-corrected chi connectivity index (χ4v) is 4.07. The first-order chi connectivity index (χ1) is 9.99. The Morgan fingerprint density at radius 3 is 2.71 bits per heavy atom. The van der Waals surface area contributed by atoms with Gasteiger partial charge in [-0.15, -0.1) is 0 Å². The molecule has 5 heteroatoms. The van der Waals surface area contributed by atoms with Gasteiger partial charge in [-0.05, 0) is 59.5 Å². The fraction of sp³-hybridized carbons (Fsp3) is 0.812. The normalized spacial score (nSPS) is 27.2. The molecule has 3 rings (SSSR count). The van der Waals surface area contributed by atoms with Crippen LogP contribution < -0.4 is 10.6 Å². The van der Waals surface area contributed by atoms with Gasteiger partial charge in [-0.2, -0.15) is 5.10 Å². The molecule has 0 spiro atoms. The highest BCUT2D eigenvalue weighted by atomic mass is 15.4. The summed E-state index contributed by atoms with van der Waals surface area (Å²) in [6, 6.07) is 1.11. The third kappa shape index (κ3) is 2.52. The summed E-state index contributed by atoms with van der Waals surface area (Å²) in [5, 5.41) is 4.64. The van der Waals surface area contributed by atoms with Gasteiger partial charge in [0.1, 0.15) is 0 Å². The zero-order chi connectivity index (χ0) is 15.1. The summed E-state index contributed by atoms with van der Waals surface area (Å²) >= 11 is 0. The number of hydrogen-bond acceptors (Lipinski definition) is 4. The number of nitrogen functional groups attached to an aromatic ring is 1. The standard InChI is InChI=1S/C16H29N5/c1-11(2)21-16(15(17)12(3)18-21)20-9-7-14-13(10-20)6-5-8-19(14)4/h11,13-14H,5-10,17H2,1-4H3. The van der Waals surface area contributed by atoms with Gasteiger partial charge >= 0.3 is 0 Å². The Hall–Kier alpha value is -1.23. The Balaban J connectivity index is 1.85. The quantitative estimate of drug-likeness (QED) is 0.908. The van der Waals surface area contributed by atoms with Gasteiger partial charge in [-0.1, -0.05) is 0 Å². The first-order valence-corrected chi connectivity index (χ1v) is 8.28. The third-order valence-electron chi connectivity index (χ3n) is 5.24. The van der Waals surface area contributed by atoms with E-state index in [0.717, 1.165) is 42.2 Å². The predicted octanol–water partition coefficient (Wildman–Crippen LogP) is 2.28. The number of nitrogens with zero attached hydrogens (tertiary/aromatic N) is 4. The molecule has 2 N–H and O–H groups in total. The van der Waals surface area contributed by atoms with Crippen LogP contribution in [-0.4, -0.2) is 47.4 Å². The highest BCUT2D eigenvalue weighted by molar-refractivity contribution is 5.66. The average molecular weight is 291 g/mol. The molecule has 2 fully saturated rings. The molecule has 0 radical (unpaired) electrons. The minimum absolute atomic E-state index is 0.350. The van der Waals surface area contributed by atoms with Crippen molar-refractivity contribution in [3.8, 4) is 0 Å². The zero-order valence-corrected chi connectivity index (χ0v) is 13.8. The summed E-state index contributed by atoms with van der Waals surface area (Å²) in [6.07, 6.45) is 3.91. The SMILES string of the molecule is Cc1nn(C(C)C)c(N2CCC3C(CCCN3C)C2)c1N. The number of aromatic nitrogens is 2. The van der Waals surface area contributed by atoms with Crippen molar-refractivity contribution in [2.24, 2.45) is 5.92 Å². The van der Waals surface area contributed by atoms with Gasteiger partial charge in [0, 0.05) is 25.2 Å². The van der Waals surface area contributed by atoms with E-state index in [4.69, 9.17) is 5.73 Å². The van der Waals surface area contributed by atoms with E-state index in [1.807, 2.05) is 6.92 Å². The minimum atomic E-state index is 0.350. The van der Waals surface area contributed by atoms with Crippen molar-refractivity contribution in [1.29, 1.82) is 0 Å². The molecular formula is C16H29N5. The van der Waals surface area contributed by atoms with Crippen molar-refractivity contribution in [3.05, 3.63) is 5.69 Å². The monoisotopic (exact) mass is 291 g/mol. The zero-order valence-electron chi connectivity index (χ0n) is 13.8. The first kappa shape index (κ1) is 14.7. The van der Waals surface area contributed by atoms with Crippen molar-refractivity contribution < 1.29 is 0 Å². The lowest BCUT2D eigenvalue weighted by molar-refractivity contribution is 0.102. The van der Waals surface area contributed by atoms with Crippen molar-refractivity contribution in [2.45, 2.75) is 52.1 Å². The van der Waals surface area contributed by atoms with E-state index in [2.05, 4.69) is 40.5 Å². The summed E-state index contributed by atoms with van der Waals surface area (Å²) in [5.74, 6) is 1.92. The van der Waals surface area contributed by atoms with Crippen LogP contribution in [0.1, 0.15) is 44.8 Å². The Bertz CT molecular complexity index is 507. The summed E-state index contributed by atoms with van der Waals surface area (Å²) in [6.45, 7) is 9.84. The minimum Gasteiger partial charge on any atom is -0.394 e. The molecule has 1 aromatic rings. The molecule has 21 heavy (non-hydrogen) atoms. The lowest BCUT2D eigenvalue weighted by Crippen LogP contribution is -2.53. The van der Waals surface area contributed by atoms with Crippen LogP contribution in [0.15, 0.2) is 0 Å². The summed E-state index contributed by atoms with van der Waals surface area (Å²) in [5.41, 5.74) is 8.16. The molecule has 2 saturated heterocycles. The van der Waals surface area contributed by atoms with E-state index in [1.165, 1.54) is 25.8 Å². The lowest BCUT2D eigenvalue weighted by atomic mass is 9.84. The predicted molar refractivity (Wildman–Crippen MR) is 87.7 cm³/mol. The molecule has 118 valence electrons. The summed E-state index contributed by atoms with van der Waals surface area (Å²) < 4.78 is 2.11. The molecule has 1 aromatic heterocycles. The molecule has 0 aliphatic carbocycles. The fourth-order valence-electron chi connectivity index (χ4n) is 4.07. The molecule has 2 atom stereocenters.